The fraction of sp³-hybridized carbons (Fsp3) is 0.429. The number of rotatable bonds is 4. The first-order valence-electron chi connectivity index (χ1n) is 6.54. The standard InChI is InChI=1S/C14H19N3O2/c1-10(18)16-12-4-2-5-13(8-12)17-14(19)9-11-6-3-7-15-11/h2,4-5,8,11,15H,3,6-7,9H2,1H3,(H,16,18)(H,17,19). The second-order valence-corrected chi connectivity index (χ2v) is 4.81. The van der Waals surface area contributed by atoms with E-state index in [-0.39, 0.29) is 11.8 Å². The molecule has 5 heteroatoms. The molecule has 1 aliphatic heterocycles. The highest BCUT2D eigenvalue weighted by Crippen LogP contribution is 2.16. The van der Waals surface area contributed by atoms with E-state index >= 15 is 0 Å². The highest BCUT2D eigenvalue weighted by molar-refractivity contribution is 5.93. The van der Waals surface area contributed by atoms with Gasteiger partial charge in [-0.15, -0.1) is 0 Å². The van der Waals surface area contributed by atoms with Crippen molar-refractivity contribution in [2.45, 2.75) is 32.2 Å². The van der Waals surface area contributed by atoms with Crippen LogP contribution in [0.15, 0.2) is 24.3 Å². The zero-order valence-electron chi connectivity index (χ0n) is 11.0. The fourth-order valence-corrected chi connectivity index (χ4v) is 2.24. The maximum Gasteiger partial charge on any atom is 0.225 e. The van der Waals surface area contributed by atoms with Gasteiger partial charge >= 0.3 is 0 Å². The molecule has 1 aromatic carbocycles. The van der Waals surface area contributed by atoms with Gasteiger partial charge in [-0.2, -0.15) is 0 Å². The summed E-state index contributed by atoms with van der Waals surface area (Å²) in [4.78, 5) is 22.8. The molecule has 2 amide bonds. The Morgan fingerprint density at radius 2 is 2.05 bits per heavy atom. The first-order chi connectivity index (χ1) is 9.13. The van der Waals surface area contributed by atoms with E-state index in [9.17, 15) is 9.59 Å². The van der Waals surface area contributed by atoms with E-state index < -0.39 is 0 Å². The van der Waals surface area contributed by atoms with Gasteiger partial charge < -0.3 is 16.0 Å². The zero-order valence-corrected chi connectivity index (χ0v) is 11.0. The molecule has 102 valence electrons. The van der Waals surface area contributed by atoms with Gasteiger partial charge in [0.05, 0.1) is 0 Å². The van der Waals surface area contributed by atoms with Gasteiger partial charge in [0, 0.05) is 30.8 Å². The Kier molecular flexibility index (Phi) is 4.52. The predicted molar refractivity (Wildman–Crippen MR) is 75.0 cm³/mol. The molecule has 3 N–H and O–H groups in total. The number of carbonyl (C=O) groups excluding carboxylic acids is 2. The van der Waals surface area contributed by atoms with Gasteiger partial charge in [-0.05, 0) is 37.6 Å². The zero-order chi connectivity index (χ0) is 13.7. The SMILES string of the molecule is CC(=O)Nc1cccc(NC(=O)CC2CCCN2)c1. The van der Waals surface area contributed by atoms with Crippen molar-refractivity contribution in [3.8, 4) is 0 Å². The molecule has 1 saturated heterocycles. The van der Waals surface area contributed by atoms with Crippen LogP contribution in [0.25, 0.3) is 0 Å². The Bertz CT molecular complexity index is 468. The quantitative estimate of drug-likeness (QED) is 0.773. The molecule has 0 radical (unpaired) electrons. The highest BCUT2D eigenvalue weighted by atomic mass is 16.2. The van der Waals surface area contributed by atoms with Crippen LogP contribution in [0.3, 0.4) is 0 Å². The molecule has 0 aromatic heterocycles. The Hall–Kier alpha value is -1.88. The molecule has 5 nitrogen and oxygen atoms in total. The molecule has 0 aliphatic carbocycles. The van der Waals surface area contributed by atoms with E-state index in [4.69, 9.17) is 0 Å². The summed E-state index contributed by atoms with van der Waals surface area (Å²) in [7, 11) is 0. The lowest BCUT2D eigenvalue weighted by Gasteiger charge is -2.11. The Morgan fingerprint density at radius 1 is 1.32 bits per heavy atom. The largest absolute Gasteiger partial charge is 0.326 e. The van der Waals surface area contributed by atoms with Gasteiger partial charge in [0.25, 0.3) is 0 Å². The summed E-state index contributed by atoms with van der Waals surface area (Å²) >= 11 is 0. The monoisotopic (exact) mass is 261 g/mol. The Labute approximate surface area is 112 Å². The minimum absolute atomic E-state index is 0.000579. The minimum Gasteiger partial charge on any atom is -0.326 e. The average Bonchev–Trinajstić information content (AvgIpc) is 2.81. The van der Waals surface area contributed by atoms with E-state index in [0.29, 0.717) is 23.8 Å². The van der Waals surface area contributed by atoms with Crippen molar-refractivity contribution < 1.29 is 9.59 Å². The predicted octanol–water partition coefficient (Wildman–Crippen LogP) is 1.73. The Morgan fingerprint density at radius 3 is 2.68 bits per heavy atom. The van der Waals surface area contributed by atoms with Crippen molar-refractivity contribution in [1.29, 1.82) is 0 Å². The van der Waals surface area contributed by atoms with Crippen molar-refractivity contribution in [3.05, 3.63) is 24.3 Å². The van der Waals surface area contributed by atoms with Crippen LogP contribution in [0.2, 0.25) is 0 Å². The number of amides is 2. The van der Waals surface area contributed by atoms with Crippen LogP contribution in [0.1, 0.15) is 26.2 Å². The van der Waals surface area contributed by atoms with Crippen LogP contribution in [-0.2, 0) is 9.59 Å². The minimum atomic E-state index is -0.126. The summed E-state index contributed by atoms with van der Waals surface area (Å²) in [5.74, 6) is -0.127. The van der Waals surface area contributed by atoms with Gasteiger partial charge in [0.2, 0.25) is 11.8 Å². The van der Waals surface area contributed by atoms with E-state index in [1.165, 1.54) is 6.92 Å². The molecule has 0 saturated carbocycles. The average molecular weight is 261 g/mol. The number of hydrogen-bond acceptors (Lipinski definition) is 3. The van der Waals surface area contributed by atoms with Crippen LogP contribution in [0.5, 0.6) is 0 Å². The van der Waals surface area contributed by atoms with E-state index in [1.54, 1.807) is 18.2 Å². The molecule has 1 heterocycles. The summed E-state index contributed by atoms with van der Waals surface area (Å²) in [6.07, 6.45) is 2.68. The molecule has 2 rings (SSSR count). The molecule has 19 heavy (non-hydrogen) atoms. The molecule has 0 spiro atoms. The lowest BCUT2D eigenvalue weighted by atomic mass is 10.1. The van der Waals surface area contributed by atoms with Gasteiger partial charge in [0.15, 0.2) is 0 Å². The van der Waals surface area contributed by atoms with Crippen molar-refractivity contribution in [2.24, 2.45) is 0 Å². The Balaban J connectivity index is 1.90. The fourth-order valence-electron chi connectivity index (χ4n) is 2.24. The maximum absolute atomic E-state index is 11.9. The lowest BCUT2D eigenvalue weighted by molar-refractivity contribution is -0.116. The second-order valence-electron chi connectivity index (χ2n) is 4.81. The third-order valence-electron chi connectivity index (χ3n) is 3.06. The maximum atomic E-state index is 11.9. The lowest BCUT2D eigenvalue weighted by Crippen LogP contribution is -2.27. The number of hydrogen-bond donors (Lipinski definition) is 3. The molecule has 1 atom stereocenters. The molecular weight excluding hydrogens is 242 g/mol. The highest BCUT2D eigenvalue weighted by Gasteiger charge is 2.17. The molecule has 1 aliphatic rings. The van der Waals surface area contributed by atoms with E-state index in [0.717, 1.165) is 19.4 Å². The summed E-state index contributed by atoms with van der Waals surface area (Å²) < 4.78 is 0. The van der Waals surface area contributed by atoms with Crippen molar-refractivity contribution >= 4 is 23.2 Å². The van der Waals surface area contributed by atoms with Crippen molar-refractivity contribution in [2.75, 3.05) is 17.2 Å². The third kappa shape index (κ3) is 4.37. The normalized spacial score (nSPS) is 18.1. The smallest absolute Gasteiger partial charge is 0.225 e. The molecular formula is C14H19N3O2. The van der Waals surface area contributed by atoms with Crippen molar-refractivity contribution in [3.63, 3.8) is 0 Å². The summed E-state index contributed by atoms with van der Waals surface area (Å²) in [5.41, 5.74) is 1.39. The summed E-state index contributed by atoms with van der Waals surface area (Å²) in [6, 6.07) is 7.44. The first-order valence-corrected chi connectivity index (χ1v) is 6.54. The number of nitrogens with one attached hydrogen (secondary N) is 3. The van der Waals surface area contributed by atoms with Crippen LogP contribution in [-0.4, -0.2) is 24.4 Å². The van der Waals surface area contributed by atoms with Crippen LogP contribution >= 0.6 is 0 Å². The van der Waals surface area contributed by atoms with E-state index in [2.05, 4.69) is 16.0 Å². The van der Waals surface area contributed by atoms with Crippen LogP contribution in [0.4, 0.5) is 11.4 Å². The van der Waals surface area contributed by atoms with Gasteiger partial charge in [-0.3, -0.25) is 9.59 Å². The molecule has 0 bridgehead atoms. The summed E-state index contributed by atoms with van der Waals surface area (Å²) in [6.45, 7) is 2.45. The van der Waals surface area contributed by atoms with Gasteiger partial charge in [-0.1, -0.05) is 6.07 Å². The molecule has 1 fully saturated rings. The summed E-state index contributed by atoms with van der Waals surface area (Å²) in [5, 5.41) is 8.83. The number of carbonyl (C=O) groups is 2. The first kappa shape index (κ1) is 13.5. The number of benzene rings is 1. The molecule has 1 unspecified atom stereocenters. The molecule has 1 aromatic rings. The second kappa shape index (κ2) is 6.33. The van der Waals surface area contributed by atoms with E-state index in [1.807, 2.05) is 6.07 Å². The number of anilines is 2. The van der Waals surface area contributed by atoms with Gasteiger partial charge in [-0.25, -0.2) is 0 Å². The van der Waals surface area contributed by atoms with Crippen LogP contribution < -0.4 is 16.0 Å². The van der Waals surface area contributed by atoms with Crippen molar-refractivity contribution in [1.82, 2.24) is 5.32 Å². The topological polar surface area (TPSA) is 70.2 Å². The van der Waals surface area contributed by atoms with Gasteiger partial charge in [0.1, 0.15) is 0 Å². The van der Waals surface area contributed by atoms with Crippen LogP contribution in [0, 0.1) is 0 Å². The third-order valence-corrected chi connectivity index (χ3v) is 3.06.